The molecule has 1 atom stereocenters. The van der Waals surface area contributed by atoms with E-state index in [-0.39, 0.29) is 13.2 Å². The third-order valence-electron chi connectivity index (χ3n) is 3.06. The number of aliphatic carboxylic acids is 1. The van der Waals surface area contributed by atoms with Crippen LogP contribution in [0.3, 0.4) is 0 Å². The smallest absolute Gasteiger partial charge is 0.305 e. The largest absolute Gasteiger partial charge is 0.481 e. The Bertz CT molecular complexity index is 470. The summed E-state index contributed by atoms with van der Waals surface area (Å²) in [6, 6.07) is 1.25. The van der Waals surface area contributed by atoms with Gasteiger partial charge in [-0.1, -0.05) is 0 Å². The minimum Gasteiger partial charge on any atom is -0.481 e. The number of nitrogens with two attached hydrogens (primary N) is 1. The van der Waals surface area contributed by atoms with Crippen LogP contribution in [0.2, 0.25) is 0 Å². The number of fused-ring (bicyclic) bond motifs is 1. The molecule has 0 amide bonds. The maximum absolute atomic E-state index is 10.7. The van der Waals surface area contributed by atoms with Gasteiger partial charge in [0.15, 0.2) is 11.5 Å². The molecular formula is C12H15NO4. The van der Waals surface area contributed by atoms with Crippen LogP contribution in [-0.2, 0) is 4.79 Å². The lowest BCUT2D eigenvalue weighted by molar-refractivity contribution is -0.137. The number of carboxylic acids is 1. The number of hydrogen-bond acceptors (Lipinski definition) is 4. The van der Waals surface area contributed by atoms with E-state index < -0.39 is 12.0 Å². The fourth-order valence-corrected chi connectivity index (χ4v) is 2.01. The lowest BCUT2D eigenvalue weighted by Crippen LogP contribution is -2.16. The first-order valence-electron chi connectivity index (χ1n) is 5.37. The van der Waals surface area contributed by atoms with E-state index in [9.17, 15) is 4.79 Å². The van der Waals surface area contributed by atoms with Gasteiger partial charge in [0.2, 0.25) is 6.79 Å². The first-order chi connectivity index (χ1) is 8.00. The molecule has 0 saturated heterocycles. The van der Waals surface area contributed by atoms with E-state index in [4.69, 9.17) is 20.3 Å². The normalized spacial score (nSPS) is 14.8. The Kier molecular flexibility index (Phi) is 2.93. The van der Waals surface area contributed by atoms with Crippen molar-refractivity contribution in [2.45, 2.75) is 26.3 Å². The van der Waals surface area contributed by atoms with Crippen molar-refractivity contribution in [3.63, 3.8) is 0 Å². The Balaban J connectivity index is 2.41. The molecule has 92 valence electrons. The van der Waals surface area contributed by atoms with Gasteiger partial charge in [-0.25, -0.2) is 0 Å². The molecule has 0 bridgehead atoms. The third kappa shape index (κ3) is 2.06. The number of ether oxygens (including phenoxy) is 2. The lowest BCUT2D eigenvalue weighted by Gasteiger charge is -2.16. The summed E-state index contributed by atoms with van der Waals surface area (Å²) in [5, 5.41) is 8.76. The van der Waals surface area contributed by atoms with Gasteiger partial charge in [-0.3, -0.25) is 4.79 Å². The maximum Gasteiger partial charge on any atom is 0.305 e. The molecule has 3 N–H and O–H groups in total. The highest BCUT2D eigenvalue weighted by molar-refractivity contribution is 5.68. The van der Waals surface area contributed by atoms with Gasteiger partial charge in [-0.2, -0.15) is 0 Å². The Morgan fingerprint density at radius 3 is 2.82 bits per heavy atom. The van der Waals surface area contributed by atoms with Gasteiger partial charge in [0.25, 0.3) is 0 Å². The predicted molar refractivity (Wildman–Crippen MR) is 61.2 cm³/mol. The van der Waals surface area contributed by atoms with Gasteiger partial charge < -0.3 is 20.3 Å². The molecule has 5 heteroatoms. The molecule has 0 aromatic heterocycles. The van der Waals surface area contributed by atoms with E-state index in [0.29, 0.717) is 5.75 Å². The number of benzene rings is 1. The van der Waals surface area contributed by atoms with Crippen molar-refractivity contribution >= 4 is 5.97 Å². The van der Waals surface area contributed by atoms with E-state index >= 15 is 0 Å². The Labute approximate surface area is 99.1 Å². The highest BCUT2D eigenvalue weighted by atomic mass is 16.7. The zero-order valence-electron chi connectivity index (χ0n) is 9.82. The average molecular weight is 237 g/mol. The van der Waals surface area contributed by atoms with Gasteiger partial charge in [0, 0.05) is 6.04 Å². The van der Waals surface area contributed by atoms with Crippen LogP contribution in [0, 0.1) is 13.8 Å². The van der Waals surface area contributed by atoms with E-state index in [1.807, 2.05) is 13.8 Å². The first kappa shape index (κ1) is 11.7. The predicted octanol–water partition coefficient (Wildman–Crippen LogP) is 1.51. The van der Waals surface area contributed by atoms with Crippen molar-refractivity contribution in [3.8, 4) is 11.5 Å². The zero-order valence-corrected chi connectivity index (χ0v) is 9.82. The summed E-state index contributed by atoms with van der Waals surface area (Å²) in [6.07, 6.45) is -0.0973. The van der Waals surface area contributed by atoms with E-state index in [1.54, 1.807) is 6.07 Å². The Morgan fingerprint density at radius 2 is 2.18 bits per heavy atom. The van der Waals surface area contributed by atoms with Crippen LogP contribution < -0.4 is 15.2 Å². The minimum atomic E-state index is -0.910. The van der Waals surface area contributed by atoms with Crippen molar-refractivity contribution in [2.75, 3.05) is 6.79 Å². The van der Waals surface area contributed by atoms with Crippen LogP contribution in [-0.4, -0.2) is 17.9 Å². The fraction of sp³-hybridized carbons (Fsp3) is 0.417. The van der Waals surface area contributed by atoms with Crippen molar-refractivity contribution < 1.29 is 19.4 Å². The molecule has 1 aliphatic heterocycles. The molecule has 0 fully saturated rings. The number of carbonyl (C=O) groups is 1. The summed E-state index contributed by atoms with van der Waals surface area (Å²) in [7, 11) is 0. The van der Waals surface area contributed by atoms with E-state index in [0.717, 1.165) is 22.4 Å². The molecule has 0 aliphatic carbocycles. The topological polar surface area (TPSA) is 81.8 Å². The summed E-state index contributed by atoms with van der Waals surface area (Å²) in [5.74, 6) is 0.463. The highest BCUT2D eigenvalue weighted by Crippen LogP contribution is 2.40. The SMILES string of the molecule is Cc1c(C(N)CC(=O)O)cc2c(c1C)OCO2. The minimum absolute atomic E-state index is 0.0973. The van der Waals surface area contributed by atoms with Crippen LogP contribution in [0.15, 0.2) is 6.07 Å². The van der Waals surface area contributed by atoms with Crippen LogP contribution in [0.25, 0.3) is 0 Å². The van der Waals surface area contributed by atoms with Crippen LogP contribution in [0.5, 0.6) is 11.5 Å². The number of rotatable bonds is 3. The summed E-state index contributed by atoms with van der Waals surface area (Å²) >= 11 is 0. The summed E-state index contributed by atoms with van der Waals surface area (Å²) in [5.41, 5.74) is 8.60. The molecule has 0 radical (unpaired) electrons. The molecule has 1 heterocycles. The fourth-order valence-electron chi connectivity index (χ4n) is 2.01. The second-order valence-electron chi connectivity index (χ2n) is 4.15. The van der Waals surface area contributed by atoms with E-state index in [2.05, 4.69) is 0 Å². The molecule has 1 aromatic carbocycles. The lowest BCUT2D eigenvalue weighted by atomic mass is 9.95. The average Bonchev–Trinajstić information content (AvgIpc) is 2.70. The first-order valence-corrected chi connectivity index (χ1v) is 5.37. The van der Waals surface area contributed by atoms with Crippen LogP contribution >= 0.6 is 0 Å². The van der Waals surface area contributed by atoms with Crippen molar-refractivity contribution in [2.24, 2.45) is 5.73 Å². The summed E-state index contributed by atoms with van der Waals surface area (Å²) in [4.78, 5) is 10.7. The van der Waals surface area contributed by atoms with Crippen molar-refractivity contribution in [1.82, 2.24) is 0 Å². The van der Waals surface area contributed by atoms with Gasteiger partial charge >= 0.3 is 5.97 Å². The molecule has 0 saturated carbocycles. The molecule has 17 heavy (non-hydrogen) atoms. The summed E-state index contributed by atoms with van der Waals surface area (Å²) < 4.78 is 10.7. The Morgan fingerprint density at radius 1 is 1.47 bits per heavy atom. The zero-order chi connectivity index (χ0) is 12.6. The van der Waals surface area contributed by atoms with E-state index in [1.165, 1.54) is 0 Å². The number of hydrogen-bond donors (Lipinski definition) is 2. The van der Waals surface area contributed by atoms with Gasteiger partial charge in [-0.15, -0.1) is 0 Å². The molecule has 1 aliphatic rings. The summed E-state index contributed by atoms with van der Waals surface area (Å²) in [6.45, 7) is 4.03. The molecule has 0 spiro atoms. The van der Waals surface area contributed by atoms with Crippen LogP contribution in [0.1, 0.15) is 29.2 Å². The van der Waals surface area contributed by atoms with Crippen LogP contribution in [0.4, 0.5) is 0 Å². The second-order valence-corrected chi connectivity index (χ2v) is 4.15. The van der Waals surface area contributed by atoms with Crippen molar-refractivity contribution in [3.05, 3.63) is 22.8 Å². The maximum atomic E-state index is 10.7. The Hall–Kier alpha value is -1.75. The van der Waals surface area contributed by atoms with Gasteiger partial charge in [0.1, 0.15) is 0 Å². The van der Waals surface area contributed by atoms with Gasteiger partial charge in [-0.05, 0) is 36.6 Å². The molecule has 2 rings (SSSR count). The molecule has 5 nitrogen and oxygen atoms in total. The highest BCUT2D eigenvalue weighted by Gasteiger charge is 2.23. The molecule has 1 aromatic rings. The number of carboxylic acid groups (broad SMARTS) is 1. The molecular weight excluding hydrogens is 222 g/mol. The molecule has 1 unspecified atom stereocenters. The standard InChI is InChI=1S/C12H15NO4/c1-6-7(2)12-10(16-5-17-12)3-8(6)9(13)4-11(14)15/h3,9H,4-5,13H2,1-2H3,(H,14,15). The third-order valence-corrected chi connectivity index (χ3v) is 3.06. The second kappa shape index (κ2) is 4.25. The van der Waals surface area contributed by atoms with Crippen molar-refractivity contribution in [1.29, 1.82) is 0 Å². The quantitative estimate of drug-likeness (QED) is 0.832. The van der Waals surface area contributed by atoms with Gasteiger partial charge in [0.05, 0.1) is 6.42 Å². The monoisotopic (exact) mass is 237 g/mol.